The van der Waals surface area contributed by atoms with Crippen molar-refractivity contribution in [1.29, 1.82) is 0 Å². The number of esters is 1. The van der Waals surface area contributed by atoms with Crippen molar-refractivity contribution in [3.8, 4) is 0 Å². The zero-order valence-corrected chi connectivity index (χ0v) is 22.0. The lowest BCUT2D eigenvalue weighted by atomic mass is 10.1. The number of nitrogens with zero attached hydrogens (tertiary/aromatic N) is 4. The molecule has 1 unspecified atom stereocenters. The summed E-state index contributed by atoms with van der Waals surface area (Å²) in [5.41, 5.74) is 2.46. The van der Waals surface area contributed by atoms with Crippen molar-refractivity contribution < 1.29 is 19.1 Å². The summed E-state index contributed by atoms with van der Waals surface area (Å²) in [5, 5.41) is 1.81. The fourth-order valence-electron chi connectivity index (χ4n) is 4.94. The van der Waals surface area contributed by atoms with Crippen molar-refractivity contribution in [3.63, 3.8) is 0 Å². The maximum absolute atomic E-state index is 12.8. The SMILES string of the molecule is CCOC(=O)C(OC)N1C(=O)Cc2cc(CCN3CCN(c4nsc5ccccc45)CC3)c(Cl)cc21. The molecule has 0 aliphatic carbocycles. The number of piperazine rings is 1. The van der Waals surface area contributed by atoms with Crippen molar-refractivity contribution in [1.82, 2.24) is 9.27 Å². The Morgan fingerprint density at radius 2 is 1.97 bits per heavy atom. The van der Waals surface area contributed by atoms with Gasteiger partial charge < -0.3 is 14.4 Å². The molecule has 10 heteroatoms. The summed E-state index contributed by atoms with van der Waals surface area (Å²) in [6.07, 6.45) is -0.128. The smallest absolute Gasteiger partial charge is 0.357 e. The Bertz CT molecular complexity index is 1270. The number of fused-ring (bicyclic) bond motifs is 2. The quantitative estimate of drug-likeness (QED) is 0.412. The van der Waals surface area contributed by atoms with E-state index in [1.807, 2.05) is 6.07 Å². The first kappa shape index (κ1) is 25.0. The van der Waals surface area contributed by atoms with Crippen molar-refractivity contribution in [3.05, 3.63) is 52.5 Å². The number of halogens is 1. The highest BCUT2D eigenvalue weighted by Crippen LogP contribution is 2.36. The number of carbonyl (C=O) groups is 2. The van der Waals surface area contributed by atoms with Crippen LogP contribution >= 0.6 is 23.1 Å². The molecule has 5 rings (SSSR count). The van der Waals surface area contributed by atoms with Gasteiger partial charge >= 0.3 is 5.97 Å². The van der Waals surface area contributed by atoms with Crippen molar-refractivity contribution >= 4 is 56.6 Å². The Morgan fingerprint density at radius 3 is 2.72 bits per heavy atom. The number of anilines is 2. The van der Waals surface area contributed by atoms with E-state index in [0.717, 1.165) is 56.1 Å². The van der Waals surface area contributed by atoms with E-state index < -0.39 is 12.2 Å². The van der Waals surface area contributed by atoms with Crippen LogP contribution in [0.15, 0.2) is 36.4 Å². The second-order valence-electron chi connectivity index (χ2n) is 8.93. The first-order valence-electron chi connectivity index (χ1n) is 12.1. The molecule has 0 bridgehead atoms. The van der Waals surface area contributed by atoms with Crippen LogP contribution in [0.3, 0.4) is 0 Å². The molecule has 36 heavy (non-hydrogen) atoms. The second kappa shape index (κ2) is 10.7. The van der Waals surface area contributed by atoms with Crippen LogP contribution in [0.5, 0.6) is 0 Å². The van der Waals surface area contributed by atoms with E-state index in [-0.39, 0.29) is 18.9 Å². The molecule has 0 N–H and O–H groups in total. The van der Waals surface area contributed by atoms with Crippen LogP contribution in [-0.2, 0) is 31.9 Å². The molecule has 1 amide bonds. The van der Waals surface area contributed by atoms with Crippen molar-refractivity contribution in [2.75, 3.05) is 56.2 Å². The second-order valence-corrected chi connectivity index (χ2v) is 10.1. The Kier molecular flexibility index (Phi) is 7.43. The Labute approximate surface area is 219 Å². The topological polar surface area (TPSA) is 75.2 Å². The fourth-order valence-corrected chi connectivity index (χ4v) is 5.99. The van der Waals surface area contributed by atoms with Gasteiger partial charge in [0.25, 0.3) is 0 Å². The molecule has 2 aromatic carbocycles. The number of amides is 1. The lowest BCUT2D eigenvalue weighted by molar-refractivity contribution is -0.156. The van der Waals surface area contributed by atoms with Gasteiger partial charge in [-0.25, -0.2) is 4.79 Å². The number of hydrogen-bond acceptors (Lipinski definition) is 8. The summed E-state index contributed by atoms with van der Waals surface area (Å²) in [6.45, 7) is 6.58. The lowest BCUT2D eigenvalue weighted by Crippen LogP contribution is -2.47. The van der Waals surface area contributed by atoms with E-state index in [9.17, 15) is 9.59 Å². The molecular weight excluding hydrogens is 500 g/mol. The van der Waals surface area contributed by atoms with E-state index in [0.29, 0.717) is 10.7 Å². The van der Waals surface area contributed by atoms with E-state index in [4.69, 9.17) is 25.4 Å². The van der Waals surface area contributed by atoms with Gasteiger partial charge in [-0.15, -0.1) is 0 Å². The average Bonchev–Trinajstić information content (AvgIpc) is 3.44. The molecule has 3 heterocycles. The predicted octanol–water partition coefficient (Wildman–Crippen LogP) is 3.74. The van der Waals surface area contributed by atoms with Crippen LogP contribution in [0.1, 0.15) is 18.1 Å². The number of ether oxygens (including phenoxy) is 2. The van der Waals surface area contributed by atoms with Crippen molar-refractivity contribution in [2.24, 2.45) is 0 Å². The first-order chi connectivity index (χ1) is 17.5. The summed E-state index contributed by atoms with van der Waals surface area (Å²) in [7, 11) is 1.39. The Balaban J connectivity index is 1.22. The zero-order valence-electron chi connectivity index (χ0n) is 20.4. The zero-order chi connectivity index (χ0) is 25.2. The van der Waals surface area contributed by atoms with E-state index in [1.165, 1.54) is 22.1 Å². The van der Waals surface area contributed by atoms with Crippen LogP contribution in [0.2, 0.25) is 5.02 Å². The molecule has 2 aliphatic heterocycles. The molecule has 2 aliphatic rings. The van der Waals surface area contributed by atoms with Crippen LogP contribution < -0.4 is 9.80 Å². The van der Waals surface area contributed by atoms with Crippen LogP contribution in [0.4, 0.5) is 11.5 Å². The number of hydrogen-bond donors (Lipinski definition) is 0. The molecule has 0 radical (unpaired) electrons. The molecule has 8 nitrogen and oxygen atoms in total. The van der Waals surface area contributed by atoms with Crippen LogP contribution in [-0.4, -0.2) is 73.8 Å². The standard InChI is InChI=1S/C26H29ClN4O4S/c1-3-35-26(33)25(34-2)31-21-16-20(27)17(14-18(21)15-23(31)32)8-9-29-10-12-30(13-11-29)24-19-6-4-5-7-22(19)36-28-24/h4-7,14,16,25H,3,8-13,15H2,1-2H3. The van der Waals surface area contributed by atoms with E-state index >= 15 is 0 Å². The first-order valence-corrected chi connectivity index (χ1v) is 13.3. The molecule has 1 aromatic heterocycles. The van der Waals surface area contributed by atoms with Gasteiger partial charge in [0.2, 0.25) is 12.1 Å². The van der Waals surface area contributed by atoms with Gasteiger partial charge in [-0.1, -0.05) is 29.8 Å². The Morgan fingerprint density at radius 1 is 1.19 bits per heavy atom. The third kappa shape index (κ3) is 4.80. The normalized spacial score (nSPS) is 17.0. The molecule has 1 atom stereocenters. The third-order valence-electron chi connectivity index (χ3n) is 6.79. The minimum atomic E-state index is -1.12. The molecule has 0 spiro atoms. The van der Waals surface area contributed by atoms with Gasteiger partial charge in [-0.05, 0) is 54.2 Å². The van der Waals surface area contributed by atoms with Crippen molar-refractivity contribution in [2.45, 2.75) is 26.0 Å². The lowest BCUT2D eigenvalue weighted by Gasteiger charge is -2.35. The molecule has 190 valence electrons. The largest absolute Gasteiger partial charge is 0.463 e. The molecule has 1 saturated heterocycles. The molecule has 1 fully saturated rings. The minimum Gasteiger partial charge on any atom is -0.463 e. The molecular formula is C26H29ClN4O4S. The van der Waals surface area contributed by atoms with Gasteiger partial charge in [0.1, 0.15) is 5.82 Å². The summed E-state index contributed by atoms with van der Waals surface area (Å²) in [6, 6.07) is 12.1. The summed E-state index contributed by atoms with van der Waals surface area (Å²) in [5.74, 6) is 0.290. The number of benzene rings is 2. The van der Waals surface area contributed by atoms with Crippen LogP contribution in [0.25, 0.3) is 10.1 Å². The maximum atomic E-state index is 12.8. The van der Waals surface area contributed by atoms with Gasteiger partial charge in [-0.2, -0.15) is 4.37 Å². The fraction of sp³-hybridized carbons (Fsp3) is 0.423. The number of aromatic nitrogens is 1. The predicted molar refractivity (Wildman–Crippen MR) is 142 cm³/mol. The van der Waals surface area contributed by atoms with Gasteiger partial charge in [0.15, 0.2) is 0 Å². The average molecular weight is 529 g/mol. The van der Waals surface area contributed by atoms with E-state index in [2.05, 4.69) is 34.1 Å². The highest BCUT2D eigenvalue weighted by molar-refractivity contribution is 7.13. The highest BCUT2D eigenvalue weighted by atomic mass is 35.5. The van der Waals surface area contributed by atoms with E-state index in [1.54, 1.807) is 24.5 Å². The summed E-state index contributed by atoms with van der Waals surface area (Å²) >= 11 is 8.20. The third-order valence-corrected chi connectivity index (χ3v) is 7.96. The monoisotopic (exact) mass is 528 g/mol. The Hall–Kier alpha value is -2.72. The summed E-state index contributed by atoms with van der Waals surface area (Å²) in [4.78, 5) is 31.2. The van der Waals surface area contributed by atoms with Gasteiger partial charge in [-0.3, -0.25) is 14.6 Å². The van der Waals surface area contributed by atoms with Crippen LogP contribution in [0, 0.1) is 0 Å². The summed E-state index contributed by atoms with van der Waals surface area (Å²) < 4.78 is 16.3. The van der Waals surface area contributed by atoms with Gasteiger partial charge in [0.05, 0.1) is 23.4 Å². The maximum Gasteiger partial charge on any atom is 0.357 e. The minimum absolute atomic E-state index is 0.205. The van der Waals surface area contributed by atoms with Gasteiger partial charge in [0, 0.05) is 50.2 Å². The highest BCUT2D eigenvalue weighted by Gasteiger charge is 2.38. The molecule has 3 aromatic rings. The molecule has 0 saturated carbocycles. The number of carbonyl (C=O) groups excluding carboxylic acids is 2. The number of rotatable bonds is 8. The number of methoxy groups -OCH3 is 1.